The summed E-state index contributed by atoms with van der Waals surface area (Å²) in [5, 5.41) is 9.16. The maximum absolute atomic E-state index is 13.9. The molecule has 2 nitrogen and oxygen atoms in total. The van der Waals surface area contributed by atoms with Gasteiger partial charge in [0.15, 0.2) is 0 Å². The van der Waals surface area contributed by atoms with Crippen molar-refractivity contribution in [3.8, 4) is 6.07 Å². The van der Waals surface area contributed by atoms with Gasteiger partial charge >= 0.3 is 0 Å². The van der Waals surface area contributed by atoms with Gasteiger partial charge in [-0.05, 0) is 43.2 Å². The molecule has 0 N–H and O–H groups in total. The van der Waals surface area contributed by atoms with Crippen LogP contribution >= 0.6 is 0 Å². The molecule has 1 saturated carbocycles. The summed E-state index contributed by atoms with van der Waals surface area (Å²) in [5.41, 5.74) is 2.84. The number of aryl methyl sites for hydroxylation is 1. The topological polar surface area (TPSA) is 27.0 Å². The smallest absolute Gasteiger partial charge is 0.145 e. The van der Waals surface area contributed by atoms with Crippen LogP contribution in [0, 0.1) is 30.0 Å². The lowest BCUT2D eigenvalue weighted by atomic mass is 10.0. The van der Waals surface area contributed by atoms with Crippen molar-refractivity contribution < 1.29 is 4.39 Å². The fourth-order valence-electron chi connectivity index (χ4n) is 2.67. The molecule has 3 rings (SSSR count). The third-order valence-corrected chi connectivity index (χ3v) is 3.75. The van der Waals surface area contributed by atoms with E-state index < -0.39 is 0 Å². The van der Waals surface area contributed by atoms with Gasteiger partial charge in [-0.15, -0.1) is 0 Å². The standard InChI is InChI=1S/C14H15FN2/c1-9-6-11-4-5-17(8-10-2-3-10)14(11)12(7-16)13(9)15/h6,10H,2-5,8H2,1H3. The van der Waals surface area contributed by atoms with E-state index in [1.807, 2.05) is 12.1 Å². The predicted molar refractivity (Wildman–Crippen MR) is 64.5 cm³/mol. The van der Waals surface area contributed by atoms with Crippen molar-refractivity contribution in [2.75, 3.05) is 18.0 Å². The van der Waals surface area contributed by atoms with Gasteiger partial charge in [-0.25, -0.2) is 4.39 Å². The number of nitriles is 1. The fourth-order valence-corrected chi connectivity index (χ4v) is 2.67. The van der Waals surface area contributed by atoms with Crippen LogP contribution < -0.4 is 4.90 Å². The molecule has 1 aliphatic heterocycles. The van der Waals surface area contributed by atoms with Gasteiger partial charge in [0.05, 0.1) is 5.69 Å². The molecule has 1 heterocycles. The van der Waals surface area contributed by atoms with E-state index >= 15 is 0 Å². The van der Waals surface area contributed by atoms with Crippen LogP contribution in [0.2, 0.25) is 0 Å². The molecule has 1 aromatic rings. The summed E-state index contributed by atoms with van der Waals surface area (Å²) in [6.07, 6.45) is 3.50. The van der Waals surface area contributed by atoms with E-state index in [1.54, 1.807) is 6.92 Å². The number of hydrogen-bond donors (Lipinski definition) is 0. The summed E-state index contributed by atoms with van der Waals surface area (Å²) in [6, 6.07) is 3.94. The lowest BCUT2D eigenvalue weighted by molar-refractivity contribution is 0.613. The maximum Gasteiger partial charge on any atom is 0.145 e. The maximum atomic E-state index is 13.9. The van der Waals surface area contributed by atoms with Gasteiger partial charge in [-0.1, -0.05) is 6.07 Å². The minimum Gasteiger partial charge on any atom is -0.370 e. The monoisotopic (exact) mass is 230 g/mol. The van der Waals surface area contributed by atoms with Crippen LogP contribution in [0.4, 0.5) is 10.1 Å². The molecule has 0 atom stereocenters. The molecule has 88 valence electrons. The Morgan fingerprint density at radius 3 is 2.94 bits per heavy atom. The van der Waals surface area contributed by atoms with Crippen LogP contribution in [-0.2, 0) is 6.42 Å². The second-order valence-corrected chi connectivity index (χ2v) is 5.14. The summed E-state index contributed by atoms with van der Waals surface area (Å²) in [5.74, 6) is 0.422. The Balaban J connectivity index is 2.06. The van der Waals surface area contributed by atoms with Crippen LogP contribution in [0.3, 0.4) is 0 Å². The highest BCUT2D eigenvalue weighted by Crippen LogP contribution is 2.38. The Kier molecular flexibility index (Phi) is 2.32. The SMILES string of the molecule is Cc1cc2c(c(C#N)c1F)N(CC1CC1)CC2. The third kappa shape index (κ3) is 1.68. The molecule has 17 heavy (non-hydrogen) atoms. The van der Waals surface area contributed by atoms with Crippen molar-refractivity contribution in [2.24, 2.45) is 5.92 Å². The zero-order chi connectivity index (χ0) is 12.0. The van der Waals surface area contributed by atoms with E-state index in [1.165, 1.54) is 12.8 Å². The van der Waals surface area contributed by atoms with Gasteiger partial charge in [0, 0.05) is 13.1 Å². The highest BCUT2D eigenvalue weighted by molar-refractivity contribution is 5.69. The molecule has 0 spiro atoms. The minimum atomic E-state index is -0.339. The second-order valence-electron chi connectivity index (χ2n) is 5.14. The van der Waals surface area contributed by atoms with E-state index in [4.69, 9.17) is 5.26 Å². The highest BCUT2D eigenvalue weighted by Gasteiger charge is 2.31. The van der Waals surface area contributed by atoms with Crippen molar-refractivity contribution in [1.29, 1.82) is 5.26 Å². The van der Waals surface area contributed by atoms with Crippen LogP contribution in [0.15, 0.2) is 6.07 Å². The van der Waals surface area contributed by atoms with Crippen molar-refractivity contribution in [3.05, 3.63) is 28.6 Å². The first kappa shape index (κ1) is 10.6. The number of nitrogens with zero attached hydrogens (tertiary/aromatic N) is 2. The van der Waals surface area contributed by atoms with Crippen molar-refractivity contribution in [2.45, 2.75) is 26.2 Å². The van der Waals surface area contributed by atoms with Crippen LogP contribution in [0.25, 0.3) is 0 Å². The Bertz CT molecular complexity index is 512. The minimum absolute atomic E-state index is 0.248. The van der Waals surface area contributed by atoms with E-state index in [2.05, 4.69) is 4.90 Å². The molecule has 1 aliphatic carbocycles. The van der Waals surface area contributed by atoms with Gasteiger partial charge in [-0.3, -0.25) is 0 Å². The summed E-state index contributed by atoms with van der Waals surface area (Å²) in [6.45, 7) is 3.66. The van der Waals surface area contributed by atoms with Gasteiger partial charge in [-0.2, -0.15) is 5.26 Å². The number of benzene rings is 1. The molecule has 3 heteroatoms. The summed E-state index contributed by atoms with van der Waals surface area (Å²) < 4.78 is 13.9. The predicted octanol–water partition coefficient (Wildman–Crippen LogP) is 2.78. The summed E-state index contributed by atoms with van der Waals surface area (Å²) >= 11 is 0. The number of halogens is 1. The molecule has 0 radical (unpaired) electrons. The Morgan fingerprint density at radius 2 is 2.29 bits per heavy atom. The third-order valence-electron chi connectivity index (χ3n) is 3.75. The largest absolute Gasteiger partial charge is 0.370 e. The first-order valence-corrected chi connectivity index (χ1v) is 6.17. The normalized spacial score (nSPS) is 18.1. The zero-order valence-electron chi connectivity index (χ0n) is 9.96. The van der Waals surface area contributed by atoms with Crippen LogP contribution in [-0.4, -0.2) is 13.1 Å². The van der Waals surface area contributed by atoms with Crippen molar-refractivity contribution in [3.63, 3.8) is 0 Å². The van der Waals surface area contributed by atoms with Crippen molar-refractivity contribution >= 4 is 5.69 Å². The van der Waals surface area contributed by atoms with E-state index in [0.717, 1.165) is 36.7 Å². The lowest BCUT2D eigenvalue weighted by Gasteiger charge is -2.20. The van der Waals surface area contributed by atoms with Gasteiger partial charge in [0.2, 0.25) is 0 Å². The van der Waals surface area contributed by atoms with Gasteiger partial charge < -0.3 is 4.90 Å². The molecule has 2 aliphatic rings. The van der Waals surface area contributed by atoms with Gasteiger partial charge in [0.25, 0.3) is 0 Å². The molecule has 1 aromatic carbocycles. The summed E-state index contributed by atoms with van der Waals surface area (Å²) in [4.78, 5) is 2.20. The Morgan fingerprint density at radius 1 is 1.53 bits per heavy atom. The zero-order valence-corrected chi connectivity index (χ0v) is 9.96. The molecule has 1 fully saturated rings. The van der Waals surface area contributed by atoms with E-state index in [-0.39, 0.29) is 11.4 Å². The molecule has 0 amide bonds. The first-order valence-electron chi connectivity index (χ1n) is 6.17. The Hall–Kier alpha value is -1.56. The lowest BCUT2D eigenvalue weighted by Crippen LogP contribution is -2.24. The molecule has 0 unspecified atom stereocenters. The summed E-state index contributed by atoms with van der Waals surface area (Å²) in [7, 11) is 0. The van der Waals surface area contributed by atoms with E-state index in [0.29, 0.717) is 5.56 Å². The first-order chi connectivity index (χ1) is 8.20. The quantitative estimate of drug-likeness (QED) is 0.781. The molecule has 0 aromatic heterocycles. The molecule has 0 bridgehead atoms. The number of anilines is 1. The fraction of sp³-hybridized carbons (Fsp3) is 0.500. The molecule has 0 saturated heterocycles. The van der Waals surface area contributed by atoms with Crippen LogP contribution in [0.1, 0.15) is 29.5 Å². The average molecular weight is 230 g/mol. The highest BCUT2D eigenvalue weighted by atomic mass is 19.1. The Labute approximate surface area is 101 Å². The number of rotatable bonds is 2. The molecular formula is C14H15FN2. The van der Waals surface area contributed by atoms with Crippen molar-refractivity contribution in [1.82, 2.24) is 0 Å². The number of hydrogen-bond acceptors (Lipinski definition) is 2. The number of fused-ring (bicyclic) bond motifs is 1. The molecular weight excluding hydrogens is 215 g/mol. The van der Waals surface area contributed by atoms with E-state index in [9.17, 15) is 4.39 Å². The van der Waals surface area contributed by atoms with Crippen LogP contribution in [0.5, 0.6) is 0 Å². The average Bonchev–Trinajstić information content (AvgIpc) is 3.04. The van der Waals surface area contributed by atoms with Gasteiger partial charge in [0.1, 0.15) is 17.4 Å². The second kappa shape index (κ2) is 3.73.